The van der Waals surface area contributed by atoms with Crippen LogP contribution in [0.2, 0.25) is 0 Å². The van der Waals surface area contributed by atoms with E-state index in [9.17, 15) is 9.18 Å². The Labute approximate surface area is 145 Å². The number of aromatic nitrogens is 1. The molecule has 130 valence electrons. The van der Waals surface area contributed by atoms with Crippen molar-refractivity contribution in [3.8, 4) is 0 Å². The van der Waals surface area contributed by atoms with Crippen LogP contribution < -0.4 is 0 Å². The summed E-state index contributed by atoms with van der Waals surface area (Å²) >= 11 is 1.52. The predicted octanol–water partition coefficient (Wildman–Crippen LogP) is 3.04. The highest BCUT2D eigenvalue weighted by atomic mass is 32.1. The number of aryl methyl sites for hydroxylation is 2. The van der Waals surface area contributed by atoms with Crippen molar-refractivity contribution in [3.63, 3.8) is 0 Å². The number of hydrogen-bond acceptors (Lipinski definition) is 5. The van der Waals surface area contributed by atoms with Crippen LogP contribution in [-0.4, -0.2) is 53.2 Å². The highest BCUT2D eigenvalue weighted by Gasteiger charge is 2.34. The van der Waals surface area contributed by atoms with Gasteiger partial charge in [-0.1, -0.05) is 5.16 Å². The molecule has 1 aliphatic heterocycles. The molecule has 7 heteroatoms. The Kier molecular flexibility index (Phi) is 5.01. The minimum absolute atomic E-state index is 0.00785. The lowest BCUT2D eigenvalue weighted by Crippen LogP contribution is -2.41. The van der Waals surface area contributed by atoms with E-state index in [-0.39, 0.29) is 11.9 Å². The third kappa shape index (κ3) is 3.67. The molecule has 0 aliphatic carbocycles. The zero-order valence-corrected chi connectivity index (χ0v) is 15.0. The minimum atomic E-state index is -0.870. The maximum Gasteiger partial charge on any atom is 0.254 e. The first-order chi connectivity index (χ1) is 11.4. The first kappa shape index (κ1) is 17.1. The van der Waals surface area contributed by atoms with Gasteiger partial charge in [0, 0.05) is 37.6 Å². The highest BCUT2D eigenvalue weighted by Crippen LogP contribution is 2.24. The fourth-order valence-electron chi connectivity index (χ4n) is 3.18. The van der Waals surface area contributed by atoms with Crippen molar-refractivity contribution >= 4 is 17.2 Å². The van der Waals surface area contributed by atoms with Crippen LogP contribution in [0, 0.1) is 13.8 Å². The Bertz CT molecular complexity index is 714. The van der Waals surface area contributed by atoms with Crippen molar-refractivity contribution in [2.75, 3.05) is 20.1 Å². The second-order valence-corrected chi connectivity index (χ2v) is 7.25. The molecule has 24 heavy (non-hydrogen) atoms. The number of carbonyl (C=O) groups is 1. The third-order valence-corrected chi connectivity index (χ3v) is 5.29. The molecule has 3 heterocycles. The average molecular weight is 351 g/mol. The molecule has 0 radical (unpaired) electrons. The number of halogens is 1. The predicted molar refractivity (Wildman–Crippen MR) is 91.0 cm³/mol. The Morgan fingerprint density at radius 2 is 2.29 bits per heavy atom. The second kappa shape index (κ2) is 7.03. The van der Waals surface area contributed by atoms with Gasteiger partial charge in [-0.25, -0.2) is 4.39 Å². The molecule has 1 saturated heterocycles. The van der Waals surface area contributed by atoms with Crippen molar-refractivity contribution in [2.45, 2.75) is 39.0 Å². The van der Waals surface area contributed by atoms with E-state index in [1.165, 1.54) is 11.3 Å². The van der Waals surface area contributed by atoms with Crippen LogP contribution in [0.25, 0.3) is 0 Å². The van der Waals surface area contributed by atoms with Crippen LogP contribution in [0.1, 0.15) is 33.8 Å². The van der Waals surface area contributed by atoms with Crippen molar-refractivity contribution < 1.29 is 13.7 Å². The Balaban J connectivity index is 1.65. The lowest BCUT2D eigenvalue weighted by Gasteiger charge is -2.27. The van der Waals surface area contributed by atoms with Gasteiger partial charge in [0.05, 0.1) is 17.8 Å². The van der Waals surface area contributed by atoms with Gasteiger partial charge in [-0.05, 0) is 31.2 Å². The van der Waals surface area contributed by atoms with E-state index in [2.05, 4.69) is 5.16 Å². The van der Waals surface area contributed by atoms with Crippen LogP contribution in [0.4, 0.5) is 4.39 Å². The minimum Gasteiger partial charge on any atom is -0.360 e. The van der Waals surface area contributed by atoms with E-state index in [1.54, 1.807) is 11.9 Å². The van der Waals surface area contributed by atoms with Crippen molar-refractivity contribution in [1.82, 2.24) is 15.0 Å². The topological polar surface area (TPSA) is 49.6 Å². The Morgan fingerprint density at radius 3 is 2.92 bits per heavy atom. The van der Waals surface area contributed by atoms with E-state index in [4.69, 9.17) is 4.52 Å². The van der Waals surface area contributed by atoms with E-state index in [0.717, 1.165) is 22.6 Å². The molecule has 0 saturated carbocycles. The summed E-state index contributed by atoms with van der Waals surface area (Å²) in [6.45, 7) is 5.18. The second-order valence-electron chi connectivity index (χ2n) is 6.51. The van der Waals surface area contributed by atoms with Crippen LogP contribution in [-0.2, 0) is 6.54 Å². The summed E-state index contributed by atoms with van der Waals surface area (Å²) in [5, 5.41) is 7.71. The molecule has 5 nitrogen and oxygen atoms in total. The van der Waals surface area contributed by atoms with Crippen LogP contribution in [0.3, 0.4) is 0 Å². The van der Waals surface area contributed by atoms with Gasteiger partial charge in [0.2, 0.25) is 0 Å². The number of thiophene rings is 1. The van der Waals surface area contributed by atoms with E-state index in [1.807, 2.05) is 35.6 Å². The fraction of sp³-hybridized carbons (Fsp3) is 0.529. The number of alkyl halides is 1. The molecule has 2 aromatic heterocycles. The first-order valence-electron chi connectivity index (χ1n) is 8.02. The summed E-state index contributed by atoms with van der Waals surface area (Å²) in [7, 11) is 1.78. The molecule has 1 aliphatic rings. The molecule has 0 unspecified atom stereocenters. The van der Waals surface area contributed by atoms with Crippen LogP contribution in [0.5, 0.6) is 0 Å². The number of amides is 1. The first-order valence-corrected chi connectivity index (χ1v) is 8.97. The molecular formula is C17H22FN3O2S. The quantitative estimate of drug-likeness (QED) is 0.831. The Hall–Kier alpha value is -1.73. The summed E-state index contributed by atoms with van der Waals surface area (Å²) in [5.41, 5.74) is 2.54. The largest absolute Gasteiger partial charge is 0.360 e. The number of hydrogen-bond donors (Lipinski definition) is 0. The SMILES string of the molecule is Cc1cc(CN2C[C@@H](F)C[C@H]2CN(C)C(=O)c2cscc2C)on1. The van der Waals surface area contributed by atoms with Crippen molar-refractivity contribution in [1.29, 1.82) is 0 Å². The molecule has 0 N–H and O–H groups in total. The Morgan fingerprint density at radius 1 is 1.50 bits per heavy atom. The van der Waals surface area contributed by atoms with Gasteiger partial charge in [-0.2, -0.15) is 11.3 Å². The zero-order valence-electron chi connectivity index (χ0n) is 14.2. The number of carbonyl (C=O) groups excluding carboxylic acids is 1. The number of likely N-dealkylation sites (tertiary alicyclic amines) is 1. The smallest absolute Gasteiger partial charge is 0.254 e. The van der Waals surface area contributed by atoms with E-state index in [0.29, 0.717) is 26.1 Å². The van der Waals surface area contributed by atoms with E-state index < -0.39 is 6.17 Å². The third-order valence-electron chi connectivity index (χ3n) is 4.43. The molecule has 3 rings (SSSR count). The van der Waals surface area contributed by atoms with E-state index >= 15 is 0 Å². The summed E-state index contributed by atoms with van der Waals surface area (Å²) in [5.74, 6) is 0.723. The lowest BCUT2D eigenvalue weighted by atomic mass is 10.1. The van der Waals surface area contributed by atoms with Gasteiger partial charge in [-0.15, -0.1) is 0 Å². The maximum atomic E-state index is 13.9. The average Bonchev–Trinajstić information content (AvgIpc) is 3.21. The summed E-state index contributed by atoms with van der Waals surface area (Å²) < 4.78 is 19.2. The monoisotopic (exact) mass is 351 g/mol. The molecule has 0 aromatic carbocycles. The van der Waals surface area contributed by atoms with Crippen LogP contribution >= 0.6 is 11.3 Å². The van der Waals surface area contributed by atoms with Crippen molar-refractivity contribution in [2.24, 2.45) is 0 Å². The number of rotatable bonds is 5. The molecule has 0 spiro atoms. The molecule has 0 bridgehead atoms. The van der Waals surface area contributed by atoms with Gasteiger partial charge in [0.25, 0.3) is 5.91 Å². The summed E-state index contributed by atoms with van der Waals surface area (Å²) in [6, 6.07) is 1.85. The molecule has 1 amide bonds. The molecular weight excluding hydrogens is 329 g/mol. The molecule has 2 atom stereocenters. The fourth-order valence-corrected chi connectivity index (χ4v) is 4.00. The lowest BCUT2D eigenvalue weighted by molar-refractivity contribution is 0.0745. The van der Waals surface area contributed by atoms with Crippen molar-refractivity contribution in [3.05, 3.63) is 39.4 Å². The van der Waals surface area contributed by atoms with Crippen LogP contribution in [0.15, 0.2) is 21.3 Å². The zero-order chi connectivity index (χ0) is 17.3. The van der Waals surface area contributed by atoms with Gasteiger partial charge in [0.15, 0.2) is 5.76 Å². The number of likely N-dealkylation sites (N-methyl/N-ethyl adjacent to an activating group) is 1. The molecule has 1 fully saturated rings. The maximum absolute atomic E-state index is 13.9. The van der Waals surface area contributed by atoms with Gasteiger partial charge in [-0.3, -0.25) is 9.69 Å². The molecule has 2 aromatic rings. The van der Waals surface area contributed by atoms with Gasteiger partial charge < -0.3 is 9.42 Å². The summed E-state index contributed by atoms with van der Waals surface area (Å²) in [4.78, 5) is 16.3. The standard InChI is InChI=1S/C17H22FN3O2S/c1-11-9-24-10-16(11)17(22)20(3)7-14-5-13(18)6-21(14)8-15-4-12(2)19-23-15/h4,9-10,13-14H,5-8H2,1-3H3/t13-,14-/m0/s1. The summed E-state index contributed by atoms with van der Waals surface area (Å²) in [6.07, 6.45) is -0.432. The van der Waals surface area contributed by atoms with Gasteiger partial charge >= 0.3 is 0 Å². The number of nitrogens with zero attached hydrogens (tertiary/aromatic N) is 3. The highest BCUT2D eigenvalue weighted by molar-refractivity contribution is 7.08. The normalized spacial score (nSPS) is 21.3. The van der Waals surface area contributed by atoms with Gasteiger partial charge in [0.1, 0.15) is 6.17 Å².